The smallest absolute Gasteiger partial charge is 0.125 e. The third kappa shape index (κ3) is 1.78. The Morgan fingerprint density at radius 3 is 3.06 bits per heavy atom. The molecular formula is C13H14N2OS. The van der Waals surface area contributed by atoms with E-state index >= 15 is 0 Å². The first-order valence-electron chi connectivity index (χ1n) is 5.69. The molecule has 4 heteroatoms. The third-order valence-corrected chi connectivity index (χ3v) is 4.18. The third-order valence-electron chi connectivity index (χ3n) is 2.96. The zero-order valence-electron chi connectivity index (χ0n) is 9.91. The van der Waals surface area contributed by atoms with Crippen LogP contribution in [0, 0.1) is 6.92 Å². The van der Waals surface area contributed by atoms with Crippen LogP contribution in [0.3, 0.4) is 0 Å². The first-order valence-corrected chi connectivity index (χ1v) is 6.51. The summed E-state index contributed by atoms with van der Waals surface area (Å²) in [5, 5.41) is 5.38. The van der Waals surface area contributed by atoms with E-state index in [1.165, 1.54) is 11.1 Å². The van der Waals surface area contributed by atoms with E-state index in [-0.39, 0.29) is 0 Å². The van der Waals surface area contributed by atoms with Gasteiger partial charge in [0.15, 0.2) is 0 Å². The summed E-state index contributed by atoms with van der Waals surface area (Å²) in [4.78, 5) is 4.59. The Labute approximate surface area is 104 Å². The average Bonchev–Trinajstić information content (AvgIpc) is 2.93. The maximum atomic E-state index is 5.51. The lowest BCUT2D eigenvalue weighted by Crippen LogP contribution is -1.85. The molecule has 2 heterocycles. The molecule has 1 N–H and O–H groups in total. The molecule has 0 aliphatic carbocycles. The van der Waals surface area contributed by atoms with Crippen LogP contribution in [0.2, 0.25) is 0 Å². The summed E-state index contributed by atoms with van der Waals surface area (Å²) in [5.41, 5.74) is 3.54. The van der Waals surface area contributed by atoms with Gasteiger partial charge in [0.25, 0.3) is 0 Å². The van der Waals surface area contributed by atoms with Crippen molar-refractivity contribution in [1.29, 1.82) is 0 Å². The summed E-state index contributed by atoms with van der Waals surface area (Å²) in [6, 6.07) is 6.33. The Kier molecular flexibility index (Phi) is 2.52. The topological polar surface area (TPSA) is 34.1 Å². The second kappa shape index (κ2) is 4.04. The number of aryl methyl sites for hydroxylation is 1. The Morgan fingerprint density at radius 1 is 1.41 bits per heavy atom. The number of thiazole rings is 1. The number of nitrogens with one attached hydrogen (secondary N) is 1. The number of hydrogen-bond donors (Lipinski definition) is 1. The number of aromatic nitrogens is 1. The van der Waals surface area contributed by atoms with E-state index in [1.54, 1.807) is 11.3 Å². The fourth-order valence-corrected chi connectivity index (χ4v) is 2.99. The van der Waals surface area contributed by atoms with E-state index in [0.717, 1.165) is 34.5 Å². The molecule has 0 spiro atoms. The van der Waals surface area contributed by atoms with Crippen molar-refractivity contribution in [3.8, 4) is 16.3 Å². The zero-order valence-corrected chi connectivity index (χ0v) is 10.7. The van der Waals surface area contributed by atoms with Crippen molar-refractivity contribution in [2.45, 2.75) is 13.3 Å². The van der Waals surface area contributed by atoms with Crippen LogP contribution < -0.4 is 10.1 Å². The van der Waals surface area contributed by atoms with Gasteiger partial charge >= 0.3 is 0 Å². The van der Waals surface area contributed by atoms with Gasteiger partial charge in [0.1, 0.15) is 15.8 Å². The van der Waals surface area contributed by atoms with Crippen LogP contribution in [0.4, 0.5) is 5.00 Å². The number of hydrogen-bond acceptors (Lipinski definition) is 4. The molecule has 3 rings (SSSR count). The molecule has 0 amide bonds. The molecule has 88 valence electrons. The summed E-state index contributed by atoms with van der Waals surface area (Å²) in [6.45, 7) is 2.83. The minimum atomic E-state index is 0.803. The molecule has 1 aliphatic heterocycles. The molecule has 0 saturated carbocycles. The lowest BCUT2D eigenvalue weighted by molar-refractivity contribution is 0.357. The molecule has 0 atom stereocenters. The van der Waals surface area contributed by atoms with Crippen LogP contribution in [-0.2, 0) is 6.42 Å². The van der Waals surface area contributed by atoms with E-state index in [9.17, 15) is 0 Å². The van der Waals surface area contributed by atoms with E-state index in [2.05, 4.69) is 22.4 Å². The quantitative estimate of drug-likeness (QED) is 0.884. The monoisotopic (exact) mass is 246 g/mol. The highest BCUT2D eigenvalue weighted by Gasteiger charge is 2.14. The predicted octanol–water partition coefficient (Wildman–Crippen LogP) is 3.10. The molecule has 1 aromatic heterocycles. The minimum Gasteiger partial charge on any atom is -0.493 e. The molecule has 0 fully saturated rings. The fraction of sp³-hybridized carbons (Fsp3) is 0.308. The minimum absolute atomic E-state index is 0.803. The maximum absolute atomic E-state index is 5.51. The molecule has 0 unspecified atom stereocenters. The fourth-order valence-electron chi connectivity index (χ4n) is 2.07. The van der Waals surface area contributed by atoms with Crippen LogP contribution in [-0.4, -0.2) is 18.6 Å². The highest BCUT2D eigenvalue weighted by atomic mass is 32.1. The summed E-state index contributed by atoms with van der Waals surface area (Å²) in [6.07, 6.45) is 1.01. The van der Waals surface area contributed by atoms with E-state index in [0.29, 0.717) is 0 Å². The highest BCUT2D eigenvalue weighted by molar-refractivity contribution is 7.19. The van der Waals surface area contributed by atoms with Crippen LogP contribution in [0.25, 0.3) is 10.6 Å². The average molecular weight is 246 g/mol. The van der Waals surface area contributed by atoms with Gasteiger partial charge in [-0.05, 0) is 30.7 Å². The molecule has 0 radical (unpaired) electrons. The standard InChI is InChI=1S/C13H14N2OS/c1-8-12(14-2)17-13(15-8)10-3-4-11-9(7-10)5-6-16-11/h3-4,7,14H,5-6H2,1-2H3. The second-order valence-corrected chi connectivity index (χ2v) is 5.10. The van der Waals surface area contributed by atoms with E-state index in [4.69, 9.17) is 4.74 Å². The van der Waals surface area contributed by atoms with Crippen molar-refractivity contribution >= 4 is 16.3 Å². The van der Waals surface area contributed by atoms with Gasteiger partial charge in [-0.25, -0.2) is 4.98 Å². The van der Waals surface area contributed by atoms with Crippen molar-refractivity contribution in [3.05, 3.63) is 29.5 Å². The molecule has 3 nitrogen and oxygen atoms in total. The summed E-state index contributed by atoms with van der Waals surface area (Å²) >= 11 is 1.70. The van der Waals surface area contributed by atoms with Gasteiger partial charge in [-0.3, -0.25) is 0 Å². The van der Waals surface area contributed by atoms with Gasteiger partial charge in [-0.15, -0.1) is 0 Å². The number of benzene rings is 1. The first kappa shape index (κ1) is 10.6. The number of nitrogens with zero attached hydrogens (tertiary/aromatic N) is 1. The molecule has 17 heavy (non-hydrogen) atoms. The van der Waals surface area contributed by atoms with E-state index < -0.39 is 0 Å². The molecular weight excluding hydrogens is 232 g/mol. The maximum Gasteiger partial charge on any atom is 0.125 e. The number of fused-ring (bicyclic) bond motifs is 1. The number of rotatable bonds is 2. The Hall–Kier alpha value is -1.55. The Bertz CT molecular complexity index is 563. The van der Waals surface area contributed by atoms with Gasteiger partial charge in [0, 0.05) is 19.0 Å². The number of anilines is 1. The van der Waals surface area contributed by atoms with Crippen LogP contribution in [0.15, 0.2) is 18.2 Å². The van der Waals surface area contributed by atoms with Gasteiger partial charge < -0.3 is 10.1 Å². The van der Waals surface area contributed by atoms with Crippen molar-refractivity contribution in [1.82, 2.24) is 4.98 Å². The lowest BCUT2D eigenvalue weighted by Gasteiger charge is -2.00. The molecule has 2 aromatic rings. The second-order valence-electron chi connectivity index (χ2n) is 4.10. The van der Waals surface area contributed by atoms with E-state index in [1.807, 2.05) is 20.0 Å². The summed E-state index contributed by atoms with van der Waals surface area (Å²) in [5.74, 6) is 1.02. The van der Waals surface area contributed by atoms with Crippen molar-refractivity contribution in [3.63, 3.8) is 0 Å². The first-order chi connectivity index (χ1) is 8.28. The largest absolute Gasteiger partial charge is 0.493 e. The number of ether oxygens (including phenoxy) is 1. The highest BCUT2D eigenvalue weighted by Crippen LogP contribution is 2.35. The molecule has 0 bridgehead atoms. The normalized spacial score (nSPS) is 13.3. The van der Waals surface area contributed by atoms with Crippen molar-refractivity contribution < 1.29 is 4.74 Å². The van der Waals surface area contributed by atoms with Crippen molar-refractivity contribution in [2.24, 2.45) is 0 Å². The van der Waals surface area contributed by atoms with Gasteiger partial charge in [0.05, 0.1) is 12.3 Å². The van der Waals surface area contributed by atoms with Crippen LogP contribution >= 0.6 is 11.3 Å². The summed E-state index contributed by atoms with van der Waals surface area (Å²) < 4.78 is 5.51. The summed E-state index contributed by atoms with van der Waals surface area (Å²) in [7, 11) is 1.93. The predicted molar refractivity (Wildman–Crippen MR) is 71.0 cm³/mol. The lowest BCUT2D eigenvalue weighted by atomic mass is 10.1. The van der Waals surface area contributed by atoms with Gasteiger partial charge in [-0.1, -0.05) is 11.3 Å². The van der Waals surface area contributed by atoms with Crippen LogP contribution in [0.1, 0.15) is 11.3 Å². The Morgan fingerprint density at radius 2 is 2.29 bits per heavy atom. The van der Waals surface area contributed by atoms with Crippen molar-refractivity contribution in [2.75, 3.05) is 19.0 Å². The van der Waals surface area contributed by atoms with Crippen LogP contribution in [0.5, 0.6) is 5.75 Å². The molecule has 0 saturated heterocycles. The SMILES string of the molecule is CNc1sc(-c2ccc3c(c2)CCO3)nc1C. The van der Waals surface area contributed by atoms with Gasteiger partial charge in [0.2, 0.25) is 0 Å². The molecule has 1 aliphatic rings. The Balaban J connectivity index is 2.03. The van der Waals surface area contributed by atoms with Gasteiger partial charge in [-0.2, -0.15) is 0 Å². The zero-order chi connectivity index (χ0) is 11.8. The molecule has 1 aromatic carbocycles.